The van der Waals surface area contributed by atoms with E-state index in [1.165, 1.54) is 30.2 Å². The number of amides is 1. The molecule has 3 aromatic rings. The number of hydrogen-bond donors (Lipinski definition) is 1. The van der Waals surface area contributed by atoms with Gasteiger partial charge in [-0.05, 0) is 54.8 Å². The van der Waals surface area contributed by atoms with E-state index in [9.17, 15) is 4.79 Å². The summed E-state index contributed by atoms with van der Waals surface area (Å²) in [5.41, 5.74) is 2.07. The second-order valence-electron chi connectivity index (χ2n) is 8.48. The Bertz CT molecular complexity index is 1010. The number of benzene rings is 3. The fourth-order valence-corrected chi connectivity index (χ4v) is 3.93. The van der Waals surface area contributed by atoms with Crippen LogP contribution in [0.3, 0.4) is 0 Å². The Morgan fingerprint density at radius 3 is 2.23 bits per heavy atom. The molecule has 0 saturated carbocycles. The summed E-state index contributed by atoms with van der Waals surface area (Å²) in [6.07, 6.45) is 3.74. The molecule has 0 spiro atoms. The average molecular weight is 480 g/mol. The van der Waals surface area contributed by atoms with E-state index in [0.29, 0.717) is 11.6 Å². The Morgan fingerprint density at radius 1 is 0.857 bits per heavy atom. The number of fused-ring (bicyclic) bond motifs is 1. The smallest absolute Gasteiger partial charge is 0.411 e. The quantitative estimate of drug-likeness (QED) is 0.221. The van der Waals surface area contributed by atoms with Crippen LogP contribution in [0.4, 0.5) is 10.5 Å². The van der Waals surface area contributed by atoms with E-state index >= 15 is 0 Å². The highest BCUT2D eigenvalue weighted by Gasteiger charge is 2.15. The predicted octanol–water partition coefficient (Wildman–Crippen LogP) is 8.54. The van der Waals surface area contributed by atoms with Crippen molar-refractivity contribution in [2.24, 2.45) is 0 Å². The molecular formula is C30H41NO4. The minimum absolute atomic E-state index is 0.140. The molecule has 0 aliphatic carbocycles. The van der Waals surface area contributed by atoms with Gasteiger partial charge >= 0.3 is 6.09 Å². The van der Waals surface area contributed by atoms with E-state index in [1.54, 1.807) is 12.1 Å². The molecule has 1 amide bonds. The summed E-state index contributed by atoms with van der Waals surface area (Å²) in [5.74, 6) is 1.35. The van der Waals surface area contributed by atoms with Crippen LogP contribution in [-0.2, 0) is 9.47 Å². The van der Waals surface area contributed by atoms with E-state index in [2.05, 4.69) is 57.3 Å². The number of carbonyl (C=O) groups excluding carboxylic acids is 1. The van der Waals surface area contributed by atoms with E-state index in [4.69, 9.17) is 14.2 Å². The highest BCUT2D eigenvalue weighted by Crippen LogP contribution is 2.35. The maximum Gasteiger partial charge on any atom is 0.411 e. The van der Waals surface area contributed by atoms with E-state index < -0.39 is 12.4 Å². The summed E-state index contributed by atoms with van der Waals surface area (Å²) in [6.45, 7) is 11.0. The lowest BCUT2D eigenvalue weighted by Gasteiger charge is -2.20. The Morgan fingerprint density at radius 2 is 1.54 bits per heavy atom. The normalized spacial score (nSPS) is 12.3. The zero-order valence-corrected chi connectivity index (χ0v) is 21.9. The van der Waals surface area contributed by atoms with Gasteiger partial charge in [0.05, 0.1) is 6.61 Å². The molecule has 0 radical (unpaired) electrons. The Kier molecular flexibility index (Phi) is 12.7. The highest BCUT2D eigenvalue weighted by molar-refractivity contribution is 5.91. The van der Waals surface area contributed by atoms with Gasteiger partial charge in [-0.15, -0.1) is 0 Å². The van der Waals surface area contributed by atoms with Gasteiger partial charge in [0.15, 0.2) is 6.29 Å². The molecular weight excluding hydrogens is 438 g/mol. The van der Waals surface area contributed by atoms with Gasteiger partial charge in [-0.25, -0.2) is 4.79 Å². The molecule has 0 fully saturated rings. The number of nitrogens with one attached hydrogen (secondary N) is 1. The number of rotatable bonds is 11. The van der Waals surface area contributed by atoms with E-state index in [-0.39, 0.29) is 13.2 Å². The number of anilines is 1. The monoisotopic (exact) mass is 479 g/mol. The summed E-state index contributed by atoms with van der Waals surface area (Å²) in [6, 6.07) is 21.8. The molecule has 0 heterocycles. The zero-order valence-electron chi connectivity index (χ0n) is 21.9. The molecule has 3 aromatic carbocycles. The van der Waals surface area contributed by atoms with Crippen molar-refractivity contribution in [3.8, 4) is 5.75 Å². The maximum absolute atomic E-state index is 11.8. The minimum atomic E-state index is -0.507. The highest BCUT2D eigenvalue weighted by atomic mass is 16.7. The van der Waals surface area contributed by atoms with Crippen LogP contribution >= 0.6 is 0 Å². The first-order chi connectivity index (χ1) is 17.0. The van der Waals surface area contributed by atoms with Gasteiger partial charge in [0.1, 0.15) is 12.4 Å². The fraction of sp³-hybridized carbons (Fsp3) is 0.433. The second kappa shape index (κ2) is 15.8. The van der Waals surface area contributed by atoms with E-state index in [1.807, 2.05) is 37.3 Å². The molecule has 2 atom stereocenters. The summed E-state index contributed by atoms with van der Waals surface area (Å²) >= 11 is 0. The molecule has 2 unspecified atom stereocenters. The lowest BCUT2D eigenvalue weighted by atomic mass is 9.88. The molecule has 3 rings (SSSR count). The molecule has 0 aliphatic heterocycles. The fourth-order valence-electron chi connectivity index (χ4n) is 3.93. The first kappa shape index (κ1) is 28.2. The summed E-state index contributed by atoms with van der Waals surface area (Å²) in [4.78, 5) is 11.8. The molecule has 0 aliphatic rings. The Balaban J connectivity index is 0.00000137. The van der Waals surface area contributed by atoms with Gasteiger partial charge < -0.3 is 14.2 Å². The minimum Gasteiger partial charge on any atom is -0.465 e. The maximum atomic E-state index is 11.8. The largest absolute Gasteiger partial charge is 0.465 e. The number of para-hydroxylation sites is 1. The topological polar surface area (TPSA) is 56.8 Å². The Labute approximate surface area is 210 Å². The summed E-state index contributed by atoms with van der Waals surface area (Å²) in [5, 5.41) is 5.00. The van der Waals surface area contributed by atoms with Crippen LogP contribution in [0.15, 0.2) is 66.7 Å². The summed E-state index contributed by atoms with van der Waals surface area (Å²) in [7, 11) is 0. The van der Waals surface area contributed by atoms with Crippen molar-refractivity contribution in [3.63, 3.8) is 0 Å². The summed E-state index contributed by atoms with van der Waals surface area (Å²) < 4.78 is 16.9. The van der Waals surface area contributed by atoms with E-state index in [0.717, 1.165) is 17.6 Å². The predicted molar refractivity (Wildman–Crippen MR) is 145 cm³/mol. The Hall–Kier alpha value is -3.05. The van der Waals surface area contributed by atoms with Gasteiger partial charge in [-0.1, -0.05) is 89.1 Å². The standard InChI is InChI=1S/C27H33NO4.C3H8/c1-4-11-21(5-2)23-14-9-16-25-24(23)15-10-17-26(25)32-20(3)30-18-19-31-27(29)28-22-12-7-6-8-13-22;1-3-2/h6-10,12-17,20-21H,4-5,11,18-19H2,1-3H3,(H,28,29);3H2,1-2H3. The van der Waals surface area contributed by atoms with Crippen LogP contribution in [-0.4, -0.2) is 25.6 Å². The SMILES string of the molecule is CCC.CCCC(CC)c1cccc2c(OC(C)OCCOC(=O)Nc3ccccc3)cccc12. The number of ether oxygens (including phenoxy) is 3. The van der Waals surface area contributed by atoms with Crippen molar-refractivity contribution >= 4 is 22.6 Å². The van der Waals surface area contributed by atoms with Gasteiger partial charge in [-0.2, -0.15) is 0 Å². The van der Waals surface area contributed by atoms with Gasteiger partial charge in [0, 0.05) is 11.1 Å². The van der Waals surface area contributed by atoms with Gasteiger partial charge in [0.25, 0.3) is 0 Å². The van der Waals surface area contributed by atoms with Crippen molar-refractivity contribution < 1.29 is 19.0 Å². The molecule has 190 valence electrons. The van der Waals surface area contributed by atoms with Crippen LogP contribution in [0.2, 0.25) is 0 Å². The third kappa shape index (κ3) is 9.25. The molecule has 0 bridgehead atoms. The molecule has 5 heteroatoms. The molecule has 1 N–H and O–H groups in total. The molecule has 5 nitrogen and oxygen atoms in total. The van der Waals surface area contributed by atoms with Crippen molar-refractivity contribution in [3.05, 3.63) is 72.3 Å². The van der Waals surface area contributed by atoms with Crippen LogP contribution in [0.5, 0.6) is 5.75 Å². The molecule has 0 aromatic heterocycles. The third-order valence-electron chi connectivity index (χ3n) is 5.47. The lowest BCUT2D eigenvalue weighted by Crippen LogP contribution is -2.21. The van der Waals surface area contributed by atoms with Crippen molar-refractivity contribution in [1.29, 1.82) is 0 Å². The van der Waals surface area contributed by atoms with Crippen LogP contribution in [0, 0.1) is 0 Å². The van der Waals surface area contributed by atoms with Gasteiger partial charge in [0.2, 0.25) is 0 Å². The average Bonchev–Trinajstić information content (AvgIpc) is 2.86. The van der Waals surface area contributed by atoms with Crippen molar-refractivity contribution in [2.45, 2.75) is 72.5 Å². The second-order valence-corrected chi connectivity index (χ2v) is 8.48. The first-order valence-corrected chi connectivity index (χ1v) is 12.8. The molecule has 35 heavy (non-hydrogen) atoms. The zero-order chi connectivity index (χ0) is 25.5. The number of carbonyl (C=O) groups is 1. The van der Waals surface area contributed by atoms with Crippen LogP contribution < -0.4 is 10.1 Å². The van der Waals surface area contributed by atoms with Crippen molar-refractivity contribution in [2.75, 3.05) is 18.5 Å². The third-order valence-corrected chi connectivity index (χ3v) is 5.47. The number of hydrogen-bond acceptors (Lipinski definition) is 4. The lowest BCUT2D eigenvalue weighted by molar-refractivity contribution is -0.0757. The van der Waals surface area contributed by atoms with Crippen LogP contribution in [0.1, 0.15) is 71.8 Å². The first-order valence-electron chi connectivity index (χ1n) is 12.8. The van der Waals surface area contributed by atoms with Crippen molar-refractivity contribution in [1.82, 2.24) is 0 Å². The van der Waals surface area contributed by atoms with Gasteiger partial charge in [-0.3, -0.25) is 5.32 Å². The van der Waals surface area contributed by atoms with Crippen LogP contribution in [0.25, 0.3) is 10.8 Å². The molecule has 0 saturated heterocycles.